The molecule has 1 aromatic carbocycles. The molecule has 1 heterocycles. The molecule has 1 saturated heterocycles. The average Bonchev–Trinajstić information content (AvgIpc) is 2.72. The number of nitrogens with zero attached hydrogens (tertiary/aromatic N) is 2. The van der Waals surface area contributed by atoms with Gasteiger partial charge in [0.25, 0.3) is 0 Å². The van der Waals surface area contributed by atoms with Gasteiger partial charge in [0.05, 0.1) is 11.7 Å². The fraction of sp³-hybridized carbons (Fsp3) is 0.682. The number of likely N-dealkylation sites (tertiary alicyclic amines) is 1. The Balaban J connectivity index is 1.88. The first kappa shape index (κ1) is 24.5. The summed E-state index contributed by atoms with van der Waals surface area (Å²) >= 11 is 0. The first-order valence-corrected chi connectivity index (χ1v) is 10.4. The van der Waals surface area contributed by atoms with Crippen LogP contribution < -0.4 is 5.32 Å². The Kier molecular flexibility index (Phi) is 8.97. The van der Waals surface area contributed by atoms with Crippen LogP contribution in [-0.4, -0.2) is 64.0 Å². The third-order valence-corrected chi connectivity index (χ3v) is 5.46. The zero-order chi connectivity index (χ0) is 22.2. The highest BCUT2D eigenvalue weighted by molar-refractivity contribution is 5.80. The molecular formula is C22H34F3N3O2. The Morgan fingerprint density at radius 2 is 1.83 bits per heavy atom. The predicted octanol–water partition coefficient (Wildman–Crippen LogP) is 4.08. The van der Waals surface area contributed by atoms with Crippen molar-refractivity contribution < 1.29 is 22.6 Å². The van der Waals surface area contributed by atoms with Crippen molar-refractivity contribution >= 4 is 5.96 Å². The molecule has 1 aromatic rings. The van der Waals surface area contributed by atoms with Crippen molar-refractivity contribution in [3.05, 3.63) is 35.4 Å². The van der Waals surface area contributed by atoms with E-state index in [2.05, 4.69) is 15.2 Å². The standard InChI is InChI=1S/C22H34F3N3O2/c1-21(2,17-7-5-8-18(15-17)22(23,24)25)16-27-20(26-3)28-11-9-19(10-12-28)30-14-6-13-29-4/h5,7-8,15,19H,6,9-14,16H2,1-4H3,(H,26,27). The summed E-state index contributed by atoms with van der Waals surface area (Å²) in [5, 5.41) is 3.35. The summed E-state index contributed by atoms with van der Waals surface area (Å²) in [4.78, 5) is 6.55. The van der Waals surface area contributed by atoms with E-state index in [1.54, 1.807) is 20.2 Å². The molecule has 170 valence electrons. The number of ether oxygens (including phenoxy) is 2. The number of hydrogen-bond donors (Lipinski definition) is 1. The molecule has 1 aliphatic heterocycles. The Hall–Kier alpha value is -1.80. The van der Waals surface area contributed by atoms with Crippen molar-refractivity contribution in [3.8, 4) is 0 Å². The van der Waals surface area contributed by atoms with Gasteiger partial charge in [-0.15, -0.1) is 0 Å². The molecule has 30 heavy (non-hydrogen) atoms. The van der Waals surface area contributed by atoms with Gasteiger partial charge >= 0.3 is 6.18 Å². The van der Waals surface area contributed by atoms with Crippen LogP contribution >= 0.6 is 0 Å². The summed E-state index contributed by atoms with van der Waals surface area (Å²) in [6, 6.07) is 5.54. The number of guanidine groups is 1. The van der Waals surface area contributed by atoms with Crippen LogP contribution in [0.1, 0.15) is 44.2 Å². The molecule has 0 bridgehead atoms. The molecule has 0 unspecified atom stereocenters. The van der Waals surface area contributed by atoms with Crippen LogP contribution in [0.2, 0.25) is 0 Å². The second-order valence-electron chi connectivity index (χ2n) is 8.27. The van der Waals surface area contributed by atoms with Crippen molar-refractivity contribution in [2.24, 2.45) is 4.99 Å². The van der Waals surface area contributed by atoms with Crippen LogP contribution in [0.3, 0.4) is 0 Å². The number of methoxy groups -OCH3 is 1. The molecular weight excluding hydrogens is 395 g/mol. The number of hydrogen-bond acceptors (Lipinski definition) is 3. The first-order chi connectivity index (χ1) is 14.2. The van der Waals surface area contributed by atoms with Crippen LogP contribution in [0.4, 0.5) is 13.2 Å². The number of piperidine rings is 1. The minimum absolute atomic E-state index is 0.248. The highest BCUT2D eigenvalue weighted by atomic mass is 19.4. The van der Waals surface area contributed by atoms with E-state index in [-0.39, 0.29) is 6.10 Å². The minimum Gasteiger partial charge on any atom is -0.385 e. The normalized spacial score (nSPS) is 16.8. The van der Waals surface area contributed by atoms with E-state index >= 15 is 0 Å². The maximum Gasteiger partial charge on any atom is 0.416 e. The highest BCUT2D eigenvalue weighted by Crippen LogP contribution is 2.32. The van der Waals surface area contributed by atoms with Crippen LogP contribution in [-0.2, 0) is 21.1 Å². The van der Waals surface area contributed by atoms with Crippen molar-refractivity contribution in [1.82, 2.24) is 10.2 Å². The molecule has 1 fully saturated rings. The molecule has 0 aromatic heterocycles. The van der Waals surface area contributed by atoms with Gasteiger partial charge in [0, 0.05) is 52.4 Å². The quantitative estimate of drug-likeness (QED) is 0.384. The number of alkyl halides is 3. The maximum absolute atomic E-state index is 13.1. The second kappa shape index (κ2) is 11.0. The van der Waals surface area contributed by atoms with Gasteiger partial charge in [-0.1, -0.05) is 32.0 Å². The van der Waals surface area contributed by atoms with E-state index in [9.17, 15) is 13.2 Å². The molecule has 1 aliphatic rings. The Labute approximate surface area is 177 Å². The molecule has 0 amide bonds. The average molecular weight is 430 g/mol. The molecule has 2 rings (SSSR count). The lowest BCUT2D eigenvalue weighted by Gasteiger charge is -2.35. The van der Waals surface area contributed by atoms with Gasteiger partial charge in [-0.25, -0.2) is 0 Å². The maximum atomic E-state index is 13.1. The predicted molar refractivity (Wildman–Crippen MR) is 113 cm³/mol. The second-order valence-corrected chi connectivity index (χ2v) is 8.27. The number of rotatable bonds is 8. The van der Waals surface area contributed by atoms with Crippen molar-refractivity contribution in [1.29, 1.82) is 0 Å². The molecule has 8 heteroatoms. The number of aliphatic imine (C=N–C) groups is 1. The van der Waals surface area contributed by atoms with Gasteiger partial charge in [0.1, 0.15) is 0 Å². The van der Waals surface area contributed by atoms with Gasteiger partial charge in [-0.3, -0.25) is 4.99 Å². The summed E-state index contributed by atoms with van der Waals surface area (Å²) < 4.78 is 50.1. The molecule has 1 N–H and O–H groups in total. The third-order valence-electron chi connectivity index (χ3n) is 5.46. The molecule has 0 spiro atoms. The number of benzene rings is 1. The summed E-state index contributed by atoms with van der Waals surface area (Å²) in [5.41, 5.74) is -0.464. The van der Waals surface area contributed by atoms with Crippen molar-refractivity contribution in [2.75, 3.05) is 47.0 Å². The van der Waals surface area contributed by atoms with E-state index in [1.165, 1.54) is 12.1 Å². The van der Waals surface area contributed by atoms with E-state index < -0.39 is 17.2 Å². The van der Waals surface area contributed by atoms with Crippen LogP contribution in [0.15, 0.2) is 29.3 Å². The molecule has 0 aliphatic carbocycles. The van der Waals surface area contributed by atoms with Gasteiger partial charge in [0.2, 0.25) is 0 Å². The van der Waals surface area contributed by atoms with E-state index in [0.717, 1.165) is 44.4 Å². The van der Waals surface area contributed by atoms with Gasteiger partial charge < -0.3 is 19.7 Å². The van der Waals surface area contributed by atoms with E-state index in [1.807, 2.05) is 13.8 Å². The molecule has 0 atom stereocenters. The number of halogens is 3. The monoisotopic (exact) mass is 429 g/mol. The van der Waals surface area contributed by atoms with Gasteiger partial charge in [0.15, 0.2) is 5.96 Å². The smallest absolute Gasteiger partial charge is 0.385 e. The lowest BCUT2D eigenvalue weighted by Crippen LogP contribution is -2.49. The van der Waals surface area contributed by atoms with Crippen molar-refractivity contribution in [3.63, 3.8) is 0 Å². The van der Waals surface area contributed by atoms with Crippen LogP contribution in [0, 0.1) is 0 Å². The summed E-state index contributed by atoms with van der Waals surface area (Å²) in [5.74, 6) is 0.771. The first-order valence-electron chi connectivity index (χ1n) is 10.4. The van der Waals surface area contributed by atoms with Crippen LogP contribution in [0.25, 0.3) is 0 Å². The third kappa shape index (κ3) is 7.16. The molecule has 5 nitrogen and oxygen atoms in total. The Bertz CT molecular complexity index is 684. The van der Waals surface area contributed by atoms with E-state index in [4.69, 9.17) is 9.47 Å². The van der Waals surface area contributed by atoms with E-state index in [0.29, 0.717) is 25.3 Å². The zero-order valence-electron chi connectivity index (χ0n) is 18.4. The zero-order valence-corrected chi connectivity index (χ0v) is 18.4. The SMILES string of the molecule is CN=C(NCC(C)(C)c1cccc(C(F)(F)F)c1)N1CCC(OCCCOC)CC1. The minimum atomic E-state index is -4.34. The molecule has 0 radical (unpaired) electrons. The highest BCUT2D eigenvalue weighted by Gasteiger charge is 2.32. The topological polar surface area (TPSA) is 46.1 Å². The van der Waals surface area contributed by atoms with Gasteiger partial charge in [-0.05, 0) is 30.9 Å². The summed E-state index contributed by atoms with van der Waals surface area (Å²) in [6.45, 7) is 7.42. The van der Waals surface area contributed by atoms with Gasteiger partial charge in [-0.2, -0.15) is 13.2 Å². The lowest BCUT2D eigenvalue weighted by atomic mass is 9.84. The fourth-order valence-electron chi connectivity index (χ4n) is 3.54. The lowest BCUT2D eigenvalue weighted by molar-refractivity contribution is -0.137. The summed E-state index contributed by atoms with van der Waals surface area (Å²) in [6.07, 6.45) is -1.36. The number of nitrogens with one attached hydrogen (secondary N) is 1. The largest absolute Gasteiger partial charge is 0.416 e. The van der Waals surface area contributed by atoms with Crippen molar-refractivity contribution in [2.45, 2.75) is 50.8 Å². The Morgan fingerprint density at radius 1 is 1.17 bits per heavy atom. The summed E-state index contributed by atoms with van der Waals surface area (Å²) in [7, 11) is 3.42. The fourth-order valence-corrected chi connectivity index (χ4v) is 3.54. The Morgan fingerprint density at radius 3 is 2.43 bits per heavy atom. The molecule has 0 saturated carbocycles. The van der Waals surface area contributed by atoms with Crippen LogP contribution in [0.5, 0.6) is 0 Å².